The number of aromatic nitrogens is 3. The number of benzene rings is 1. The van der Waals surface area contributed by atoms with E-state index >= 15 is 0 Å². The Labute approximate surface area is 177 Å². The maximum atomic E-state index is 12.6. The highest BCUT2D eigenvalue weighted by atomic mass is 79.9. The summed E-state index contributed by atoms with van der Waals surface area (Å²) in [5, 5.41) is 11.7. The van der Waals surface area contributed by atoms with Crippen molar-refractivity contribution in [3.8, 4) is 5.75 Å². The number of amides is 1. The predicted molar refractivity (Wildman–Crippen MR) is 116 cm³/mol. The minimum atomic E-state index is -0.167. The van der Waals surface area contributed by atoms with Crippen molar-refractivity contribution in [3.05, 3.63) is 58.5 Å². The van der Waals surface area contributed by atoms with Gasteiger partial charge in [-0.2, -0.15) is 11.8 Å². The molecule has 1 amide bonds. The van der Waals surface area contributed by atoms with Crippen molar-refractivity contribution in [2.75, 3.05) is 19.1 Å². The van der Waals surface area contributed by atoms with E-state index in [-0.39, 0.29) is 11.9 Å². The molecule has 8 heteroatoms. The number of pyridine rings is 1. The Morgan fingerprint density at radius 1 is 1.32 bits per heavy atom. The summed E-state index contributed by atoms with van der Waals surface area (Å²) in [7, 11) is 1.64. The topological polar surface area (TPSA) is 68.5 Å². The van der Waals surface area contributed by atoms with Crippen LogP contribution in [0.3, 0.4) is 0 Å². The molecule has 0 fully saturated rings. The van der Waals surface area contributed by atoms with E-state index in [1.165, 1.54) is 0 Å². The number of fused-ring (bicyclic) bond motifs is 1. The van der Waals surface area contributed by atoms with Crippen LogP contribution in [0, 0.1) is 0 Å². The Kier molecular flexibility index (Phi) is 7.33. The van der Waals surface area contributed by atoms with Crippen LogP contribution in [0.25, 0.3) is 5.65 Å². The van der Waals surface area contributed by atoms with E-state index in [1.54, 1.807) is 18.9 Å². The fourth-order valence-electron chi connectivity index (χ4n) is 2.99. The van der Waals surface area contributed by atoms with Crippen molar-refractivity contribution in [3.63, 3.8) is 0 Å². The Bertz CT molecular complexity index is 947. The van der Waals surface area contributed by atoms with Gasteiger partial charge in [0.05, 0.1) is 17.6 Å². The van der Waals surface area contributed by atoms with Gasteiger partial charge in [-0.1, -0.05) is 12.1 Å². The Hall–Kier alpha value is -2.06. The molecule has 0 aliphatic rings. The lowest BCUT2D eigenvalue weighted by atomic mass is 10.1. The number of carbonyl (C=O) groups is 1. The van der Waals surface area contributed by atoms with E-state index in [1.807, 2.05) is 47.0 Å². The summed E-state index contributed by atoms with van der Waals surface area (Å²) >= 11 is 5.24. The van der Waals surface area contributed by atoms with E-state index < -0.39 is 0 Å². The maximum absolute atomic E-state index is 12.6. The van der Waals surface area contributed by atoms with Crippen LogP contribution in [-0.4, -0.2) is 39.6 Å². The zero-order valence-electron chi connectivity index (χ0n) is 15.9. The third kappa shape index (κ3) is 5.05. The molecule has 0 saturated heterocycles. The molecule has 0 radical (unpaired) electrons. The molecule has 1 atom stereocenters. The number of nitrogens with one attached hydrogen (secondary N) is 1. The molecular weight excluding hydrogens is 440 g/mol. The maximum Gasteiger partial charge on any atom is 0.220 e. The molecule has 28 heavy (non-hydrogen) atoms. The lowest BCUT2D eigenvalue weighted by molar-refractivity contribution is -0.121. The van der Waals surface area contributed by atoms with Crippen LogP contribution < -0.4 is 10.1 Å². The van der Waals surface area contributed by atoms with E-state index in [0.29, 0.717) is 12.8 Å². The molecule has 3 rings (SSSR count). The average molecular weight is 463 g/mol. The first-order chi connectivity index (χ1) is 13.6. The molecule has 1 unspecified atom stereocenters. The number of hydrogen-bond donors (Lipinski definition) is 1. The molecule has 1 N–H and O–H groups in total. The number of halogens is 1. The first kappa shape index (κ1) is 20.7. The molecule has 148 valence electrons. The number of rotatable bonds is 9. The predicted octanol–water partition coefficient (Wildman–Crippen LogP) is 4.04. The van der Waals surface area contributed by atoms with Gasteiger partial charge in [-0.15, -0.1) is 10.2 Å². The number of methoxy groups -OCH3 is 1. The van der Waals surface area contributed by atoms with Crippen molar-refractivity contribution >= 4 is 39.2 Å². The lowest BCUT2D eigenvalue weighted by Gasteiger charge is -2.17. The second-order valence-corrected chi connectivity index (χ2v) is 8.20. The van der Waals surface area contributed by atoms with Crippen LogP contribution >= 0.6 is 27.7 Å². The van der Waals surface area contributed by atoms with Crippen LogP contribution in [0.1, 0.15) is 30.3 Å². The number of hydrogen-bond acceptors (Lipinski definition) is 5. The minimum absolute atomic E-state index is 0.00530. The highest BCUT2D eigenvalue weighted by molar-refractivity contribution is 9.10. The normalized spacial score (nSPS) is 12.1. The quantitative estimate of drug-likeness (QED) is 0.519. The molecule has 6 nitrogen and oxygen atoms in total. The van der Waals surface area contributed by atoms with E-state index in [2.05, 4.69) is 37.7 Å². The van der Waals surface area contributed by atoms with Crippen molar-refractivity contribution < 1.29 is 9.53 Å². The van der Waals surface area contributed by atoms with Crippen molar-refractivity contribution in [1.29, 1.82) is 0 Å². The largest absolute Gasteiger partial charge is 0.496 e. The zero-order valence-corrected chi connectivity index (χ0v) is 18.3. The summed E-state index contributed by atoms with van der Waals surface area (Å²) in [4.78, 5) is 12.6. The second kappa shape index (κ2) is 9.93. The third-order valence-electron chi connectivity index (χ3n) is 4.45. The van der Waals surface area contributed by atoms with Gasteiger partial charge in [-0.05, 0) is 70.6 Å². The standard InChI is InChI=1S/C20H23BrN4O2S/c1-27-17-8-6-14(13-15(17)21)7-9-19(26)22-16(10-12-28-2)20-24-23-18-5-3-4-11-25(18)20/h3-6,8,11,13,16H,7,9-10,12H2,1-2H3,(H,22,26). The molecule has 0 saturated carbocycles. The van der Waals surface area contributed by atoms with Crippen LogP contribution in [0.5, 0.6) is 5.75 Å². The summed E-state index contributed by atoms with van der Waals surface area (Å²) in [6.45, 7) is 0. The molecule has 0 aliphatic carbocycles. The summed E-state index contributed by atoms with van der Waals surface area (Å²) in [5.41, 5.74) is 1.86. The molecule has 2 heterocycles. The van der Waals surface area contributed by atoms with Crippen LogP contribution in [0.15, 0.2) is 47.1 Å². The first-order valence-electron chi connectivity index (χ1n) is 9.02. The van der Waals surface area contributed by atoms with Gasteiger partial charge in [0, 0.05) is 12.6 Å². The third-order valence-corrected chi connectivity index (χ3v) is 5.72. The zero-order chi connectivity index (χ0) is 19.9. The van der Waals surface area contributed by atoms with Crippen LogP contribution in [-0.2, 0) is 11.2 Å². The Morgan fingerprint density at radius 2 is 2.18 bits per heavy atom. The Balaban J connectivity index is 1.67. The first-order valence-corrected chi connectivity index (χ1v) is 11.2. The fraction of sp³-hybridized carbons (Fsp3) is 0.350. The van der Waals surface area contributed by atoms with Crippen molar-refractivity contribution in [2.24, 2.45) is 0 Å². The number of thioether (sulfide) groups is 1. The average Bonchev–Trinajstić information content (AvgIpc) is 3.14. The van der Waals surface area contributed by atoms with Gasteiger partial charge >= 0.3 is 0 Å². The fourth-order valence-corrected chi connectivity index (χ4v) is 4.05. The van der Waals surface area contributed by atoms with Gasteiger partial charge in [0.25, 0.3) is 0 Å². The number of carbonyl (C=O) groups excluding carboxylic acids is 1. The van der Waals surface area contributed by atoms with Gasteiger partial charge in [0.1, 0.15) is 5.75 Å². The molecule has 3 aromatic rings. The van der Waals surface area contributed by atoms with Gasteiger partial charge < -0.3 is 10.1 Å². The number of nitrogens with zero attached hydrogens (tertiary/aromatic N) is 3. The molecule has 2 aromatic heterocycles. The van der Waals surface area contributed by atoms with E-state index in [0.717, 1.165) is 39.4 Å². The van der Waals surface area contributed by atoms with Crippen molar-refractivity contribution in [2.45, 2.75) is 25.3 Å². The molecular formula is C20H23BrN4O2S. The second-order valence-electron chi connectivity index (χ2n) is 6.36. The summed E-state index contributed by atoms with van der Waals surface area (Å²) in [6, 6.07) is 11.5. The van der Waals surface area contributed by atoms with E-state index in [9.17, 15) is 4.79 Å². The van der Waals surface area contributed by atoms with Gasteiger partial charge in [-0.25, -0.2) is 0 Å². The number of aryl methyl sites for hydroxylation is 1. The minimum Gasteiger partial charge on any atom is -0.496 e. The summed E-state index contributed by atoms with van der Waals surface area (Å²) < 4.78 is 8.07. The monoisotopic (exact) mass is 462 g/mol. The highest BCUT2D eigenvalue weighted by Crippen LogP contribution is 2.26. The van der Waals surface area contributed by atoms with Gasteiger partial charge in [-0.3, -0.25) is 9.20 Å². The Morgan fingerprint density at radius 3 is 2.93 bits per heavy atom. The SMILES string of the molecule is COc1ccc(CCC(=O)NC(CCSC)c2nnc3ccccn23)cc1Br. The van der Waals surface area contributed by atoms with E-state index in [4.69, 9.17) is 4.74 Å². The summed E-state index contributed by atoms with van der Waals surface area (Å²) in [6.07, 6.45) is 5.85. The number of ether oxygens (including phenoxy) is 1. The molecule has 0 bridgehead atoms. The van der Waals surface area contributed by atoms with Gasteiger partial charge in [0.15, 0.2) is 11.5 Å². The smallest absolute Gasteiger partial charge is 0.220 e. The van der Waals surface area contributed by atoms with Gasteiger partial charge in [0.2, 0.25) is 5.91 Å². The summed E-state index contributed by atoms with van der Waals surface area (Å²) in [5.74, 6) is 2.48. The van der Waals surface area contributed by atoms with Crippen LogP contribution in [0.4, 0.5) is 0 Å². The van der Waals surface area contributed by atoms with Crippen LogP contribution in [0.2, 0.25) is 0 Å². The molecule has 0 aliphatic heterocycles. The van der Waals surface area contributed by atoms with Crippen molar-refractivity contribution in [1.82, 2.24) is 19.9 Å². The molecule has 0 spiro atoms. The molecule has 1 aromatic carbocycles. The highest BCUT2D eigenvalue weighted by Gasteiger charge is 2.20. The lowest BCUT2D eigenvalue weighted by Crippen LogP contribution is -2.30.